The Morgan fingerprint density at radius 3 is 0.915 bits per heavy atom. The fourth-order valence-corrected chi connectivity index (χ4v) is 16.0. The van der Waals surface area contributed by atoms with Gasteiger partial charge in [-0.25, -0.2) is 62.0 Å². The largest absolute Gasteiger partial charge is 0.506 e. The number of anilines is 4. The molecule has 34 nitrogen and oxygen atoms in total. The number of piperidine rings is 1. The molecule has 12 heterocycles. The number of para-hydroxylation sites is 4. The van der Waals surface area contributed by atoms with Crippen molar-refractivity contribution in [1.82, 2.24) is 72.8 Å². The predicted molar refractivity (Wildman–Crippen MR) is 474 cm³/mol. The normalized spacial score (nSPS) is 14.5. The number of halogens is 17. The molecule has 4 saturated heterocycles. The number of nitrogens with zero attached hydrogens (tertiary/aromatic N) is 22. The minimum absolute atomic E-state index is 0.00831. The average Bonchev–Trinajstić information content (AvgIpc) is 0.746. The Bertz CT molecular complexity index is 7320. The summed E-state index contributed by atoms with van der Waals surface area (Å²) in [6.07, 6.45) is -17.8. The standard InChI is InChI=1S/C24H24ClF4N5O3.C24H22F4N6O4.C22H16F4N6O3.C20H15F4N5O2/c1-13-6-5-7-15(26)18(13)34-16(24(27,28)29)12-14-17(20(34)35)30-21(25)31-19(14)32-8-10-33(11-9-32)22(36)37-23(2,3)4;1-23(2,3)38-22(37)33-9-7-32(8-10-33)20-13-11-16(24(26,27)28)34(19-14(25)5-4-6-15(19)35)21(36)18(13)30-17(12-29)31-20;1-2-17(34)30-6-8-31(9-7-30)20-12-10-15(22(24,25)26)32(19-13(23)4-3-5-14(19)33)21(35)18(12)28-16(11-27)29-20;21-12-5-4-6-13(30)17(12)29-14(20(22,23)24)9-11-16(19(29)31)26-15(10-25)27-18(11)28-7-2-1-3-8-28/h5-7,12H,8-11H2,1-4H3;4-6,11,35H,7-10H2,1-3H3;2-5,10,33H,1,6-9H2;4-6,9,30H,1-3,7-8H2. The number of fused-ring (bicyclic) bond motifs is 4. The van der Waals surface area contributed by atoms with Gasteiger partial charge in [-0.1, -0.05) is 36.9 Å². The fraction of sp³-hybridized carbons (Fsp3) is 0.333. The lowest BCUT2D eigenvalue weighted by atomic mass is 10.1. The highest BCUT2D eigenvalue weighted by Gasteiger charge is 2.44. The third-order valence-corrected chi connectivity index (χ3v) is 22.2. The molecule has 0 aliphatic carbocycles. The molecule has 4 aromatic carbocycles. The number of hydrogen-bond donors (Lipinski definition) is 3. The number of phenols is 3. The van der Waals surface area contributed by atoms with Crippen molar-refractivity contribution in [3.05, 3.63) is 225 Å². The summed E-state index contributed by atoms with van der Waals surface area (Å²) in [6.45, 7) is 18.1. The lowest BCUT2D eigenvalue weighted by Gasteiger charge is -2.36. The van der Waals surface area contributed by atoms with Crippen molar-refractivity contribution in [2.45, 2.75) is 104 Å². The van der Waals surface area contributed by atoms with Crippen LogP contribution in [-0.4, -0.2) is 209 Å². The molecule has 3 N–H and O–H groups in total. The summed E-state index contributed by atoms with van der Waals surface area (Å²) in [4.78, 5) is 132. The van der Waals surface area contributed by atoms with Gasteiger partial charge in [0.05, 0.1) is 27.2 Å². The topological polar surface area (TPSA) is 416 Å². The van der Waals surface area contributed by atoms with Crippen molar-refractivity contribution in [2.75, 3.05) is 111 Å². The Morgan fingerprint density at radius 1 is 0.383 bits per heavy atom. The zero-order valence-electron chi connectivity index (χ0n) is 74.8. The molecule has 0 unspecified atom stereocenters. The first-order valence-corrected chi connectivity index (χ1v) is 42.7. The summed E-state index contributed by atoms with van der Waals surface area (Å²) in [5, 5.41) is 57.0. The monoisotopic (exact) mass is 2000 g/mol. The summed E-state index contributed by atoms with van der Waals surface area (Å²) in [6, 6.07) is 19.8. The van der Waals surface area contributed by atoms with Crippen molar-refractivity contribution in [1.29, 1.82) is 15.8 Å². The van der Waals surface area contributed by atoms with Gasteiger partial charge in [-0.2, -0.15) is 73.5 Å². The molecule has 0 saturated carbocycles. The Balaban J connectivity index is 0.000000158. The molecule has 0 radical (unpaired) electrons. The number of nitriles is 3. The molecule has 12 aromatic rings. The molecule has 0 spiro atoms. The molecular weight excluding hydrogens is 1920 g/mol. The van der Waals surface area contributed by atoms with Crippen LogP contribution in [-0.2, 0) is 39.0 Å². The van der Waals surface area contributed by atoms with Crippen molar-refractivity contribution >= 4 is 96.6 Å². The number of phenolic OH excluding ortho intramolecular Hbond substituents is 3. The number of ether oxygens (including phenoxy) is 2. The second-order valence-electron chi connectivity index (χ2n) is 33.7. The van der Waals surface area contributed by atoms with E-state index in [2.05, 4.69) is 46.5 Å². The molecule has 0 bridgehead atoms. The van der Waals surface area contributed by atoms with Gasteiger partial charge in [0.25, 0.3) is 22.2 Å². The number of aryl methyl sites for hydroxylation is 1. The molecule has 16 rings (SSSR count). The van der Waals surface area contributed by atoms with Crippen LogP contribution in [0.5, 0.6) is 17.2 Å². The summed E-state index contributed by atoms with van der Waals surface area (Å²) in [5.74, 6) is -9.27. The highest BCUT2D eigenvalue weighted by atomic mass is 35.5. The van der Waals surface area contributed by atoms with Gasteiger partial charge >= 0.3 is 36.9 Å². The van der Waals surface area contributed by atoms with Crippen LogP contribution in [0.2, 0.25) is 5.28 Å². The minimum atomic E-state index is -5.15. The number of pyridine rings is 4. The van der Waals surface area contributed by atoms with Gasteiger partial charge in [-0.3, -0.25) is 42.2 Å². The van der Waals surface area contributed by atoms with E-state index >= 15 is 0 Å². The zero-order valence-corrected chi connectivity index (χ0v) is 75.6. The number of hydrogen-bond acceptors (Lipinski definition) is 27. The van der Waals surface area contributed by atoms with Crippen LogP contribution in [0.1, 0.15) is 107 Å². The van der Waals surface area contributed by atoms with E-state index in [0.29, 0.717) is 31.3 Å². The molecule has 738 valence electrons. The van der Waals surface area contributed by atoms with E-state index in [4.69, 9.17) is 21.1 Å². The average molecular weight is 2000 g/mol. The number of carbonyl (C=O) groups excluding carboxylic acids is 3. The van der Waals surface area contributed by atoms with E-state index in [1.165, 1.54) is 43.6 Å². The van der Waals surface area contributed by atoms with Crippen molar-refractivity contribution in [3.63, 3.8) is 0 Å². The zero-order chi connectivity index (χ0) is 103. The molecule has 4 aliphatic heterocycles. The van der Waals surface area contributed by atoms with Crippen LogP contribution < -0.4 is 41.8 Å². The van der Waals surface area contributed by atoms with Crippen LogP contribution >= 0.6 is 11.6 Å². The number of rotatable bonds is 9. The van der Waals surface area contributed by atoms with Crippen LogP contribution in [0.3, 0.4) is 0 Å². The molecule has 4 aliphatic rings. The Labute approximate surface area is 789 Å². The van der Waals surface area contributed by atoms with Crippen molar-refractivity contribution in [3.8, 4) is 58.2 Å². The molecule has 4 fully saturated rings. The van der Waals surface area contributed by atoms with Gasteiger partial charge in [0, 0.05) is 91.6 Å². The van der Waals surface area contributed by atoms with Crippen LogP contribution in [0.4, 0.5) is 103 Å². The fourth-order valence-electron chi connectivity index (χ4n) is 15.8. The number of aromatic nitrogens is 12. The van der Waals surface area contributed by atoms with Gasteiger partial charge in [0.15, 0.2) is 17.5 Å². The lowest BCUT2D eigenvalue weighted by Crippen LogP contribution is -2.50. The van der Waals surface area contributed by atoms with Gasteiger partial charge in [0.2, 0.25) is 28.7 Å². The predicted octanol–water partition coefficient (Wildman–Crippen LogP) is 14.4. The maximum absolute atomic E-state index is 14.7. The number of alkyl halides is 12. The van der Waals surface area contributed by atoms with E-state index in [1.54, 1.807) is 69.5 Å². The molecule has 141 heavy (non-hydrogen) atoms. The third kappa shape index (κ3) is 21.7. The second-order valence-corrected chi connectivity index (χ2v) is 34.0. The first kappa shape index (κ1) is 102. The van der Waals surface area contributed by atoms with Crippen molar-refractivity contribution < 1.29 is 109 Å². The van der Waals surface area contributed by atoms with Crippen molar-refractivity contribution in [2.24, 2.45) is 0 Å². The summed E-state index contributed by atoms with van der Waals surface area (Å²) in [7, 11) is 0. The van der Waals surface area contributed by atoms with Gasteiger partial charge < -0.3 is 59.1 Å². The summed E-state index contributed by atoms with van der Waals surface area (Å²) >= 11 is 6.08. The summed E-state index contributed by atoms with van der Waals surface area (Å²) in [5.41, 5.74) is -18.0. The smallest absolute Gasteiger partial charge is 0.431 e. The molecule has 0 atom stereocenters. The van der Waals surface area contributed by atoms with E-state index in [1.807, 2.05) is 0 Å². The Kier molecular flexibility index (Phi) is 29.0. The van der Waals surface area contributed by atoms with E-state index in [0.717, 1.165) is 92.1 Å². The first-order chi connectivity index (χ1) is 66.2. The van der Waals surface area contributed by atoms with Crippen LogP contribution in [0, 0.1) is 64.2 Å². The van der Waals surface area contributed by atoms with Crippen LogP contribution in [0.15, 0.2) is 129 Å². The minimum Gasteiger partial charge on any atom is -0.506 e. The van der Waals surface area contributed by atoms with Gasteiger partial charge in [0.1, 0.15) is 138 Å². The quantitative estimate of drug-likeness (QED) is 0.0686. The number of carbonyl (C=O) groups is 3. The maximum atomic E-state index is 14.7. The Hall–Kier alpha value is -16.0. The molecule has 8 aromatic heterocycles. The lowest BCUT2D eigenvalue weighted by molar-refractivity contribution is -0.143. The number of piperazine rings is 3. The van der Waals surface area contributed by atoms with Gasteiger partial charge in [-0.05, 0) is 158 Å². The number of aromatic hydroxyl groups is 3. The van der Waals surface area contributed by atoms with Gasteiger partial charge in [-0.15, -0.1) is 0 Å². The second kappa shape index (κ2) is 39.9. The SMILES string of the molecule is C=CC(=O)N1CCN(c2nc(C#N)nc3c(=O)n(-c4c(O)cccc4F)c(C(F)(F)F)cc23)CC1.CC(C)(C)OC(=O)N1CCN(c2nc(C#N)nc3c(=O)n(-c4c(O)cccc4F)c(C(F)(F)F)cc23)CC1.Cc1cccc(F)c1-n1c(C(F)(F)F)cc2c(N3CCN(C(=O)OC(C)(C)C)CC3)nc(Cl)nc2c1=O.N#Cc1nc(N2CCCCC2)c2cc(C(F)(F)F)n(-c3c(O)cccc3F)c(=O)c2n1. The van der Waals surface area contributed by atoms with E-state index in [-0.39, 0.29) is 164 Å². The van der Waals surface area contributed by atoms with E-state index in [9.17, 15) is 135 Å². The molecule has 3 amide bonds. The van der Waals surface area contributed by atoms with E-state index < -0.39 is 190 Å². The molecule has 51 heteroatoms. The highest BCUT2D eigenvalue weighted by Crippen LogP contribution is 2.43. The summed E-state index contributed by atoms with van der Waals surface area (Å²) < 4.78 is 238. The number of benzene rings is 4. The molecular formula is C90H77ClF16N22O12. The number of amides is 3. The van der Waals surface area contributed by atoms with Crippen LogP contribution in [0.25, 0.3) is 66.4 Å². The highest BCUT2D eigenvalue weighted by molar-refractivity contribution is 6.29. The first-order valence-electron chi connectivity index (χ1n) is 42.3. The third-order valence-electron chi connectivity index (χ3n) is 22.0. The maximum Gasteiger partial charge on any atom is 0.431 e. The Morgan fingerprint density at radius 2 is 0.645 bits per heavy atom.